The fraction of sp³-hybridized carbons (Fsp3) is 0.941. The van der Waals surface area contributed by atoms with Gasteiger partial charge in [-0.25, -0.2) is 4.79 Å². The number of rotatable bonds is 16. The molecule has 0 aromatic heterocycles. The van der Waals surface area contributed by atoms with Crippen LogP contribution in [0.4, 0.5) is 4.79 Å². The average Bonchev–Trinajstić information content (AvgIpc) is 2.68. The number of unbranched alkanes of at least 4 members (excludes halogenated alkanes) is 2. The Morgan fingerprint density at radius 2 is 0.885 bits per heavy atom. The predicted molar refractivity (Wildman–Crippen MR) is 92.4 cm³/mol. The number of aliphatic hydroxyl groups excluding tert-OH is 6. The summed E-state index contributed by atoms with van der Waals surface area (Å²) in [5.41, 5.74) is -1.82. The topological polar surface area (TPSA) is 157 Å². The summed E-state index contributed by atoms with van der Waals surface area (Å²) in [6.07, 6.45) is 2.21. The normalized spacial score (nSPS) is 12.2. The molecule has 26 heavy (non-hydrogen) atoms. The van der Waals surface area contributed by atoms with Crippen molar-refractivity contribution < 1.29 is 44.9 Å². The summed E-state index contributed by atoms with van der Waals surface area (Å²) < 4.78 is 9.80. The lowest BCUT2D eigenvalue weighted by molar-refractivity contribution is -0.00516. The molecule has 0 bridgehead atoms. The van der Waals surface area contributed by atoms with Crippen molar-refractivity contribution in [2.75, 3.05) is 52.9 Å². The molecule has 0 aromatic carbocycles. The van der Waals surface area contributed by atoms with Gasteiger partial charge in [0.05, 0.1) is 52.9 Å². The van der Waals surface area contributed by atoms with Crippen LogP contribution in [0, 0.1) is 10.8 Å². The second kappa shape index (κ2) is 14.1. The molecule has 0 radical (unpaired) electrons. The second-order valence-electron chi connectivity index (χ2n) is 6.81. The Morgan fingerprint density at radius 1 is 0.577 bits per heavy atom. The molecule has 0 aliphatic carbocycles. The van der Waals surface area contributed by atoms with Crippen LogP contribution in [-0.2, 0) is 9.47 Å². The fourth-order valence-electron chi connectivity index (χ4n) is 2.33. The van der Waals surface area contributed by atoms with Crippen LogP contribution in [0.3, 0.4) is 0 Å². The number of aliphatic hydroxyl groups is 6. The molecule has 0 rings (SSSR count). The third-order valence-corrected chi connectivity index (χ3v) is 4.66. The maximum atomic E-state index is 11.4. The van der Waals surface area contributed by atoms with Gasteiger partial charge in [0.25, 0.3) is 0 Å². The van der Waals surface area contributed by atoms with Gasteiger partial charge in [0.1, 0.15) is 0 Å². The zero-order valence-electron chi connectivity index (χ0n) is 15.3. The molecule has 0 amide bonds. The van der Waals surface area contributed by atoms with Crippen LogP contribution < -0.4 is 0 Å². The second-order valence-corrected chi connectivity index (χ2v) is 6.81. The van der Waals surface area contributed by atoms with Crippen LogP contribution in [0.15, 0.2) is 0 Å². The fourth-order valence-corrected chi connectivity index (χ4v) is 2.33. The average molecular weight is 382 g/mol. The number of ether oxygens (including phenoxy) is 2. The van der Waals surface area contributed by atoms with Crippen LogP contribution in [0.5, 0.6) is 0 Å². The van der Waals surface area contributed by atoms with E-state index >= 15 is 0 Å². The van der Waals surface area contributed by atoms with E-state index in [1.165, 1.54) is 0 Å². The van der Waals surface area contributed by atoms with Gasteiger partial charge in [0, 0.05) is 10.8 Å². The molecule has 0 heterocycles. The summed E-state index contributed by atoms with van der Waals surface area (Å²) in [5.74, 6) is 0. The number of carbonyl (C=O) groups is 1. The van der Waals surface area contributed by atoms with Gasteiger partial charge >= 0.3 is 6.16 Å². The van der Waals surface area contributed by atoms with Crippen molar-refractivity contribution in [1.82, 2.24) is 0 Å². The maximum absolute atomic E-state index is 11.4. The lowest BCUT2D eigenvalue weighted by Gasteiger charge is -2.27. The number of carbonyl (C=O) groups excluding carboxylic acids is 1. The van der Waals surface area contributed by atoms with Gasteiger partial charge in [-0.2, -0.15) is 0 Å². The molecule has 156 valence electrons. The van der Waals surface area contributed by atoms with Crippen LogP contribution in [0.2, 0.25) is 0 Å². The van der Waals surface area contributed by atoms with Crippen LogP contribution in [-0.4, -0.2) is 89.6 Å². The smallest absolute Gasteiger partial charge is 0.434 e. The molecule has 9 heteroatoms. The molecule has 6 N–H and O–H groups in total. The molecule has 0 spiro atoms. The molecule has 0 unspecified atom stereocenters. The molecule has 0 aliphatic rings. The Kier molecular flexibility index (Phi) is 13.6. The Bertz CT molecular complexity index is 306. The monoisotopic (exact) mass is 382 g/mol. The van der Waals surface area contributed by atoms with Gasteiger partial charge in [-0.15, -0.1) is 0 Å². The van der Waals surface area contributed by atoms with Crippen molar-refractivity contribution in [2.45, 2.75) is 38.5 Å². The summed E-state index contributed by atoms with van der Waals surface area (Å²) in [5, 5.41) is 55.2. The molecule has 0 saturated carbocycles. The zero-order valence-corrected chi connectivity index (χ0v) is 15.3. The van der Waals surface area contributed by atoms with Gasteiger partial charge in [0.2, 0.25) is 0 Å². The van der Waals surface area contributed by atoms with Crippen molar-refractivity contribution in [3.8, 4) is 0 Å². The van der Waals surface area contributed by atoms with Crippen LogP contribution in [0.25, 0.3) is 0 Å². The number of hydrogen-bond acceptors (Lipinski definition) is 9. The first kappa shape index (κ1) is 25.0. The Labute approximate surface area is 154 Å². The Balaban J connectivity index is 3.76. The van der Waals surface area contributed by atoms with Gasteiger partial charge in [0.15, 0.2) is 0 Å². The van der Waals surface area contributed by atoms with Crippen molar-refractivity contribution in [3.63, 3.8) is 0 Å². The highest BCUT2D eigenvalue weighted by Gasteiger charge is 2.28. The summed E-state index contributed by atoms with van der Waals surface area (Å²) >= 11 is 0. The van der Waals surface area contributed by atoms with E-state index < -0.39 is 17.0 Å². The van der Waals surface area contributed by atoms with E-state index in [1.807, 2.05) is 0 Å². The number of hydrogen-bond donors (Lipinski definition) is 6. The van der Waals surface area contributed by atoms with Gasteiger partial charge < -0.3 is 40.1 Å². The van der Waals surface area contributed by atoms with Gasteiger partial charge in [-0.05, 0) is 38.5 Å². The van der Waals surface area contributed by atoms with E-state index in [-0.39, 0.29) is 52.9 Å². The highest BCUT2D eigenvalue weighted by Crippen LogP contribution is 2.23. The van der Waals surface area contributed by atoms with Crippen LogP contribution in [0.1, 0.15) is 38.5 Å². The molecule has 0 atom stereocenters. The van der Waals surface area contributed by atoms with Crippen molar-refractivity contribution in [3.05, 3.63) is 0 Å². The van der Waals surface area contributed by atoms with E-state index in [9.17, 15) is 35.4 Å². The van der Waals surface area contributed by atoms with Crippen molar-refractivity contribution in [1.29, 1.82) is 0 Å². The van der Waals surface area contributed by atoms with Gasteiger partial charge in [-0.3, -0.25) is 0 Å². The summed E-state index contributed by atoms with van der Waals surface area (Å²) in [4.78, 5) is 11.4. The summed E-state index contributed by atoms with van der Waals surface area (Å²) in [6.45, 7) is -1.60. The maximum Gasteiger partial charge on any atom is 0.508 e. The lowest BCUT2D eigenvalue weighted by atomic mass is 9.85. The summed E-state index contributed by atoms with van der Waals surface area (Å²) in [7, 11) is 0. The van der Waals surface area contributed by atoms with Crippen molar-refractivity contribution >= 4 is 6.16 Å². The third-order valence-electron chi connectivity index (χ3n) is 4.66. The van der Waals surface area contributed by atoms with E-state index in [0.717, 1.165) is 0 Å². The molecular weight excluding hydrogens is 348 g/mol. The minimum Gasteiger partial charge on any atom is -0.434 e. The summed E-state index contributed by atoms with van der Waals surface area (Å²) in [6, 6.07) is 0. The first-order valence-electron chi connectivity index (χ1n) is 8.92. The van der Waals surface area contributed by atoms with Gasteiger partial charge in [-0.1, -0.05) is 0 Å². The minimum atomic E-state index is -0.909. The zero-order chi connectivity index (χ0) is 19.9. The third kappa shape index (κ3) is 9.11. The van der Waals surface area contributed by atoms with Crippen molar-refractivity contribution in [2.24, 2.45) is 10.8 Å². The molecule has 0 saturated heterocycles. The Morgan fingerprint density at radius 3 is 1.15 bits per heavy atom. The first-order chi connectivity index (χ1) is 12.5. The lowest BCUT2D eigenvalue weighted by Crippen LogP contribution is -2.34. The standard InChI is InChI=1S/C17H34O9/c18-9-16(10-19,11-20)5-1-3-7-25-15(24)26-8-4-2-6-17(12-21,13-22)14-23/h18-23H,1-14H2. The van der Waals surface area contributed by atoms with E-state index in [2.05, 4.69) is 0 Å². The SMILES string of the molecule is O=C(OCCCCC(CO)(CO)CO)OCCCCC(CO)(CO)CO. The molecule has 0 aromatic rings. The molecule has 0 aliphatic heterocycles. The van der Waals surface area contributed by atoms with E-state index in [0.29, 0.717) is 38.5 Å². The first-order valence-corrected chi connectivity index (χ1v) is 8.92. The van der Waals surface area contributed by atoms with E-state index in [1.54, 1.807) is 0 Å². The Hall–Kier alpha value is -0.970. The van der Waals surface area contributed by atoms with E-state index in [4.69, 9.17) is 9.47 Å². The minimum absolute atomic E-state index is 0.139. The highest BCUT2D eigenvalue weighted by atomic mass is 16.7. The molecule has 0 fully saturated rings. The molecular formula is C17H34O9. The molecule has 9 nitrogen and oxygen atoms in total. The largest absolute Gasteiger partial charge is 0.508 e. The highest BCUT2D eigenvalue weighted by molar-refractivity contribution is 5.59. The predicted octanol–water partition coefficient (Wildman–Crippen LogP) is -0.593. The quantitative estimate of drug-likeness (QED) is 0.152. The van der Waals surface area contributed by atoms with Crippen LogP contribution >= 0.6 is 0 Å².